The molecule has 1 amide bonds. The van der Waals surface area contributed by atoms with Crippen LogP contribution in [0.15, 0.2) is 24.3 Å². The minimum Gasteiger partial charge on any atom is -0.497 e. The van der Waals surface area contributed by atoms with Gasteiger partial charge in [-0.2, -0.15) is 0 Å². The molecular formula is C16H23NO3. The number of amides is 1. The smallest absolute Gasteiger partial charge is 0.228 e. The summed E-state index contributed by atoms with van der Waals surface area (Å²) < 4.78 is 5.23. The highest BCUT2D eigenvalue weighted by Crippen LogP contribution is 2.43. The zero-order valence-corrected chi connectivity index (χ0v) is 12.4. The van der Waals surface area contributed by atoms with Gasteiger partial charge in [0.15, 0.2) is 0 Å². The maximum Gasteiger partial charge on any atom is 0.228 e. The lowest BCUT2D eigenvalue weighted by molar-refractivity contribution is -0.148. The molecule has 1 aliphatic rings. The van der Waals surface area contributed by atoms with Gasteiger partial charge in [0.2, 0.25) is 5.91 Å². The van der Waals surface area contributed by atoms with E-state index in [1.807, 2.05) is 24.3 Å². The minimum absolute atomic E-state index is 0.00461. The third kappa shape index (κ3) is 2.66. The first-order valence-electron chi connectivity index (χ1n) is 7.07. The van der Waals surface area contributed by atoms with Crippen molar-refractivity contribution in [2.24, 2.45) is 5.92 Å². The zero-order valence-electron chi connectivity index (χ0n) is 12.4. The number of benzene rings is 1. The number of aliphatic hydroxyl groups is 1. The van der Waals surface area contributed by atoms with Gasteiger partial charge in [-0.1, -0.05) is 25.0 Å². The van der Waals surface area contributed by atoms with Crippen LogP contribution in [0.1, 0.15) is 31.2 Å². The molecule has 1 aliphatic carbocycles. The maximum atomic E-state index is 12.4. The number of methoxy groups -OCH3 is 1. The third-order valence-corrected chi connectivity index (χ3v) is 4.19. The average Bonchev–Trinajstić information content (AvgIpc) is 2.47. The molecular weight excluding hydrogens is 254 g/mol. The molecule has 110 valence electrons. The van der Waals surface area contributed by atoms with E-state index < -0.39 is 5.60 Å². The van der Waals surface area contributed by atoms with Gasteiger partial charge < -0.3 is 14.7 Å². The van der Waals surface area contributed by atoms with E-state index in [-0.39, 0.29) is 11.8 Å². The van der Waals surface area contributed by atoms with Crippen molar-refractivity contribution in [3.63, 3.8) is 0 Å². The molecule has 2 atom stereocenters. The van der Waals surface area contributed by atoms with Crippen molar-refractivity contribution in [3.8, 4) is 5.75 Å². The van der Waals surface area contributed by atoms with Crippen LogP contribution in [-0.2, 0) is 10.4 Å². The van der Waals surface area contributed by atoms with Crippen LogP contribution in [0.5, 0.6) is 5.75 Å². The van der Waals surface area contributed by atoms with E-state index in [4.69, 9.17) is 4.74 Å². The monoisotopic (exact) mass is 277 g/mol. The molecule has 0 heterocycles. The number of hydrogen-bond donors (Lipinski definition) is 1. The summed E-state index contributed by atoms with van der Waals surface area (Å²) in [5.41, 5.74) is -0.314. The summed E-state index contributed by atoms with van der Waals surface area (Å²) in [6.07, 6.45) is 3.26. The third-order valence-electron chi connectivity index (χ3n) is 4.19. The van der Waals surface area contributed by atoms with E-state index in [2.05, 4.69) is 0 Å². The first-order valence-corrected chi connectivity index (χ1v) is 7.07. The number of ether oxygens (including phenoxy) is 1. The second-order valence-corrected chi connectivity index (χ2v) is 5.69. The highest BCUT2D eigenvalue weighted by Gasteiger charge is 2.45. The van der Waals surface area contributed by atoms with Gasteiger partial charge in [0.1, 0.15) is 11.4 Å². The van der Waals surface area contributed by atoms with E-state index in [9.17, 15) is 9.90 Å². The lowest BCUT2D eigenvalue weighted by Gasteiger charge is -2.40. The first-order chi connectivity index (χ1) is 9.49. The number of rotatable bonds is 3. The van der Waals surface area contributed by atoms with Crippen LogP contribution in [0.25, 0.3) is 0 Å². The van der Waals surface area contributed by atoms with E-state index >= 15 is 0 Å². The van der Waals surface area contributed by atoms with Gasteiger partial charge in [0.25, 0.3) is 0 Å². The number of hydrogen-bond acceptors (Lipinski definition) is 3. The lowest BCUT2D eigenvalue weighted by Crippen LogP contribution is -2.46. The molecule has 0 aliphatic heterocycles. The molecule has 4 nitrogen and oxygen atoms in total. The fraction of sp³-hybridized carbons (Fsp3) is 0.562. The van der Waals surface area contributed by atoms with Gasteiger partial charge in [-0.3, -0.25) is 4.79 Å². The van der Waals surface area contributed by atoms with Gasteiger partial charge >= 0.3 is 0 Å². The predicted molar refractivity (Wildman–Crippen MR) is 77.5 cm³/mol. The molecule has 1 N–H and O–H groups in total. The van der Waals surface area contributed by atoms with Gasteiger partial charge in [-0.05, 0) is 30.5 Å². The van der Waals surface area contributed by atoms with E-state index in [0.29, 0.717) is 12.2 Å². The van der Waals surface area contributed by atoms with E-state index in [0.717, 1.165) is 24.8 Å². The molecule has 1 aromatic rings. The Morgan fingerprint density at radius 2 is 2.15 bits per heavy atom. The molecule has 2 rings (SSSR count). The molecule has 1 saturated carbocycles. The Balaban J connectivity index is 2.39. The second kappa shape index (κ2) is 5.83. The van der Waals surface area contributed by atoms with E-state index in [1.165, 1.54) is 0 Å². The van der Waals surface area contributed by atoms with Crippen molar-refractivity contribution in [1.82, 2.24) is 4.90 Å². The summed E-state index contributed by atoms with van der Waals surface area (Å²) in [5, 5.41) is 11.1. The Bertz CT molecular complexity index is 486. The zero-order chi connectivity index (χ0) is 14.8. The van der Waals surface area contributed by atoms with E-state index in [1.54, 1.807) is 26.1 Å². The highest BCUT2D eigenvalue weighted by molar-refractivity contribution is 5.80. The van der Waals surface area contributed by atoms with Gasteiger partial charge in [-0.15, -0.1) is 0 Å². The maximum absolute atomic E-state index is 12.4. The van der Waals surface area contributed by atoms with Crippen molar-refractivity contribution in [2.45, 2.75) is 31.3 Å². The van der Waals surface area contributed by atoms with Gasteiger partial charge in [-0.25, -0.2) is 0 Å². The molecule has 20 heavy (non-hydrogen) atoms. The average molecular weight is 277 g/mol. The fourth-order valence-electron chi connectivity index (χ4n) is 3.03. The first kappa shape index (κ1) is 14.9. The van der Waals surface area contributed by atoms with Crippen molar-refractivity contribution < 1.29 is 14.6 Å². The molecule has 0 saturated heterocycles. The van der Waals surface area contributed by atoms with Crippen molar-refractivity contribution in [1.29, 1.82) is 0 Å². The summed E-state index contributed by atoms with van der Waals surface area (Å²) >= 11 is 0. The van der Waals surface area contributed by atoms with Crippen molar-refractivity contribution in [2.75, 3.05) is 21.2 Å². The van der Waals surface area contributed by atoms with Crippen LogP contribution in [0, 0.1) is 5.92 Å². The Kier molecular flexibility index (Phi) is 4.33. The fourth-order valence-corrected chi connectivity index (χ4v) is 3.03. The number of carbonyl (C=O) groups excluding carboxylic acids is 1. The summed E-state index contributed by atoms with van der Waals surface area (Å²) in [6.45, 7) is 0. The molecule has 4 heteroatoms. The molecule has 1 aromatic carbocycles. The van der Waals surface area contributed by atoms with Gasteiger partial charge in [0.05, 0.1) is 13.0 Å². The van der Waals surface area contributed by atoms with Crippen LogP contribution in [-0.4, -0.2) is 37.1 Å². The van der Waals surface area contributed by atoms with Crippen molar-refractivity contribution >= 4 is 5.91 Å². The second-order valence-electron chi connectivity index (χ2n) is 5.69. The van der Waals surface area contributed by atoms with Crippen LogP contribution >= 0.6 is 0 Å². The largest absolute Gasteiger partial charge is 0.497 e. The number of carbonyl (C=O) groups is 1. The normalized spacial score (nSPS) is 26.1. The summed E-state index contributed by atoms with van der Waals surface area (Å²) in [7, 11) is 5.08. The van der Waals surface area contributed by atoms with Crippen LogP contribution in [0.3, 0.4) is 0 Å². The quantitative estimate of drug-likeness (QED) is 0.921. The summed E-state index contributed by atoms with van der Waals surface area (Å²) in [6, 6.07) is 7.42. The Morgan fingerprint density at radius 3 is 2.80 bits per heavy atom. The van der Waals surface area contributed by atoms with Crippen LogP contribution in [0.4, 0.5) is 0 Å². The molecule has 2 unspecified atom stereocenters. The Hall–Kier alpha value is -1.55. The molecule has 0 spiro atoms. The lowest BCUT2D eigenvalue weighted by atomic mass is 9.71. The molecule has 0 radical (unpaired) electrons. The van der Waals surface area contributed by atoms with Crippen LogP contribution < -0.4 is 4.74 Å². The molecule has 0 aromatic heterocycles. The SMILES string of the molecule is COc1cccc(C2(O)CCCCC2C(=O)N(C)C)c1. The predicted octanol–water partition coefficient (Wildman–Crippen LogP) is 2.16. The Labute approximate surface area is 120 Å². The van der Waals surface area contributed by atoms with Crippen molar-refractivity contribution in [3.05, 3.63) is 29.8 Å². The molecule has 0 bridgehead atoms. The molecule has 1 fully saturated rings. The minimum atomic E-state index is -1.09. The topological polar surface area (TPSA) is 49.8 Å². The van der Waals surface area contributed by atoms with Crippen LogP contribution in [0.2, 0.25) is 0 Å². The summed E-state index contributed by atoms with van der Waals surface area (Å²) in [5.74, 6) is 0.325. The van der Waals surface area contributed by atoms with Gasteiger partial charge in [0, 0.05) is 14.1 Å². The standard InChI is InChI=1S/C16H23NO3/c1-17(2)15(18)14-9-4-5-10-16(14,19)12-7-6-8-13(11-12)20-3/h6-8,11,14,19H,4-5,9-10H2,1-3H3. The number of nitrogens with zero attached hydrogens (tertiary/aromatic N) is 1. The summed E-state index contributed by atoms with van der Waals surface area (Å²) in [4.78, 5) is 13.9. The Morgan fingerprint density at radius 1 is 1.40 bits per heavy atom. The highest BCUT2D eigenvalue weighted by atomic mass is 16.5.